The second-order valence-electron chi connectivity index (χ2n) is 6.85. The van der Waals surface area contributed by atoms with Crippen molar-refractivity contribution in [1.82, 2.24) is 14.9 Å². The normalized spacial score (nSPS) is 13.8. The van der Waals surface area contributed by atoms with E-state index in [2.05, 4.69) is 20.2 Å². The van der Waals surface area contributed by atoms with E-state index >= 15 is 0 Å². The topological polar surface area (TPSA) is 70.6 Å². The van der Waals surface area contributed by atoms with Gasteiger partial charge in [0.1, 0.15) is 11.6 Å². The number of ether oxygens (including phenoxy) is 1. The highest BCUT2D eigenvalue weighted by atomic mass is 35.5. The molecule has 0 saturated carbocycles. The van der Waals surface area contributed by atoms with Crippen LogP contribution in [0.2, 0.25) is 5.02 Å². The molecular weight excluding hydrogens is 402 g/mol. The first-order chi connectivity index (χ1) is 14.6. The Morgan fingerprint density at radius 1 is 1.03 bits per heavy atom. The molecule has 30 heavy (non-hydrogen) atoms. The van der Waals surface area contributed by atoms with Crippen LogP contribution in [0.15, 0.2) is 60.8 Å². The van der Waals surface area contributed by atoms with Gasteiger partial charge >= 0.3 is 0 Å². The van der Waals surface area contributed by atoms with E-state index < -0.39 is 0 Å². The lowest BCUT2D eigenvalue weighted by Gasteiger charge is -2.34. The number of carbonyl (C=O) groups is 1. The molecule has 3 aromatic rings. The first-order valence-corrected chi connectivity index (χ1v) is 10.0. The third-order valence-electron chi connectivity index (χ3n) is 4.97. The number of anilines is 3. The molecule has 1 saturated heterocycles. The first kappa shape index (κ1) is 20.0. The Bertz CT molecular complexity index is 1020. The van der Waals surface area contributed by atoms with Crippen LogP contribution in [0.5, 0.6) is 5.75 Å². The summed E-state index contributed by atoms with van der Waals surface area (Å²) < 4.78 is 5.15. The molecule has 1 fully saturated rings. The van der Waals surface area contributed by atoms with Crippen LogP contribution in [0.25, 0.3) is 0 Å². The summed E-state index contributed by atoms with van der Waals surface area (Å²) >= 11 is 6.21. The molecule has 0 unspecified atom stereocenters. The molecule has 1 N–H and O–H groups in total. The molecule has 1 aliphatic rings. The van der Waals surface area contributed by atoms with Gasteiger partial charge in [-0.2, -0.15) is 4.98 Å². The maximum atomic E-state index is 12.7. The number of piperazine rings is 1. The molecule has 0 aliphatic carbocycles. The second-order valence-corrected chi connectivity index (χ2v) is 7.26. The van der Waals surface area contributed by atoms with E-state index in [9.17, 15) is 4.79 Å². The minimum Gasteiger partial charge on any atom is -0.497 e. The molecule has 1 aliphatic heterocycles. The van der Waals surface area contributed by atoms with Crippen LogP contribution >= 0.6 is 11.6 Å². The van der Waals surface area contributed by atoms with Crippen LogP contribution in [0.1, 0.15) is 10.4 Å². The Balaban J connectivity index is 1.39. The summed E-state index contributed by atoms with van der Waals surface area (Å²) in [4.78, 5) is 25.7. The highest BCUT2D eigenvalue weighted by Crippen LogP contribution is 2.24. The SMILES string of the molecule is COc1ccc(C(=O)N2CCN(c3nccc(Nc4ccccc4Cl)n3)CC2)cc1. The summed E-state index contributed by atoms with van der Waals surface area (Å²) in [7, 11) is 1.61. The largest absolute Gasteiger partial charge is 0.497 e. The van der Waals surface area contributed by atoms with Gasteiger partial charge in [-0.15, -0.1) is 0 Å². The lowest BCUT2D eigenvalue weighted by atomic mass is 10.1. The van der Waals surface area contributed by atoms with Crippen LogP contribution in [0, 0.1) is 0 Å². The number of aromatic nitrogens is 2. The van der Waals surface area contributed by atoms with Gasteiger partial charge in [0.25, 0.3) is 5.91 Å². The zero-order chi connectivity index (χ0) is 20.9. The summed E-state index contributed by atoms with van der Waals surface area (Å²) in [6.07, 6.45) is 1.72. The maximum absolute atomic E-state index is 12.7. The Kier molecular flexibility index (Phi) is 5.99. The Hall–Kier alpha value is -3.32. The average molecular weight is 424 g/mol. The fraction of sp³-hybridized carbons (Fsp3) is 0.227. The molecule has 7 nitrogen and oxygen atoms in total. The molecular formula is C22H22ClN5O2. The van der Waals surface area contributed by atoms with Crippen LogP contribution in [0.3, 0.4) is 0 Å². The van der Waals surface area contributed by atoms with Crippen molar-refractivity contribution >= 4 is 35.0 Å². The van der Waals surface area contributed by atoms with Gasteiger partial charge in [0, 0.05) is 37.9 Å². The van der Waals surface area contributed by atoms with Crippen molar-refractivity contribution in [2.45, 2.75) is 0 Å². The summed E-state index contributed by atoms with van der Waals surface area (Å²) in [6, 6.07) is 16.5. The lowest BCUT2D eigenvalue weighted by molar-refractivity contribution is 0.0746. The monoisotopic (exact) mass is 423 g/mol. The predicted molar refractivity (Wildman–Crippen MR) is 118 cm³/mol. The zero-order valence-corrected chi connectivity index (χ0v) is 17.3. The summed E-state index contributed by atoms with van der Waals surface area (Å²) in [5, 5.41) is 3.85. The molecule has 0 radical (unpaired) electrons. The Labute approximate surface area is 180 Å². The van der Waals surface area contributed by atoms with Crippen LogP contribution in [-0.2, 0) is 0 Å². The van der Waals surface area contributed by atoms with Crippen molar-refractivity contribution in [2.75, 3.05) is 43.5 Å². The van der Waals surface area contributed by atoms with E-state index in [0.29, 0.717) is 48.5 Å². The third kappa shape index (κ3) is 4.46. The van der Waals surface area contributed by atoms with E-state index in [-0.39, 0.29) is 5.91 Å². The van der Waals surface area contributed by atoms with E-state index in [4.69, 9.17) is 16.3 Å². The van der Waals surface area contributed by atoms with Crippen molar-refractivity contribution < 1.29 is 9.53 Å². The number of nitrogens with zero attached hydrogens (tertiary/aromatic N) is 4. The van der Waals surface area contributed by atoms with Gasteiger partial charge in [0.05, 0.1) is 17.8 Å². The van der Waals surface area contributed by atoms with Crippen molar-refractivity contribution in [2.24, 2.45) is 0 Å². The van der Waals surface area contributed by atoms with Crippen molar-refractivity contribution in [1.29, 1.82) is 0 Å². The Morgan fingerprint density at radius 3 is 2.47 bits per heavy atom. The number of nitrogens with one attached hydrogen (secondary N) is 1. The quantitative estimate of drug-likeness (QED) is 0.672. The Morgan fingerprint density at radius 2 is 1.77 bits per heavy atom. The van der Waals surface area contributed by atoms with E-state index in [0.717, 1.165) is 11.4 Å². The fourth-order valence-electron chi connectivity index (χ4n) is 3.30. The molecule has 1 amide bonds. The highest BCUT2D eigenvalue weighted by Gasteiger charge is 2.23. The van der Waals surface area contributed by atoms with E-state index in [1.807, 2.05) is 29.2 Å². The maximum Gasteiger partial charge on any atom is 0.253 e. The van der Waals surface area contributed by atoms with Gasteiger partial charge in [0.2, 0.25) is 5.95 Å². The molecule has 0 bridgehead atoms. The molecule has 2 aromatic carbocycles. The van der Waals surface area contributed by atoms with Gasteiger partial charge in [-0.1, -0.05) is 23.7 Å². The number of amides is 1. The van der Waals surface area contributed by atoms with Gasteiger partial charge in [-0.3, -0.25) is 4.79 Å². The van der Waals surface area contributed by atoms with Gasteiger partial charge < -0.3 is 19.9 Å². The standard InChI is InChI=1S/C22H22ClN5O2/c1-30-17-8-6-16(7-9-17)21(29)27-12-14-28(15-13-27)22-24-11-10-20(26-22)25-19-5-3-2-4-18(19)23/h2-11H,12-15H2,1H3,(H,24,25,26). The number of benzene rings is 2. The van der Waals surface area contributed by atoms with Crippen LogP contribution in [0.4, 0.5) is 17.5 Å². The predicted octanol–water partition coefficient (Wildman–Crippen LogP) is 3.84. The molecule has 154 valence electrons. The second kappa shape index (κ2) is 9.00. The van der Waals surface area contributed by atoms with E-state index in [1.54, 1.807) is 43.6 Å². The number of methoxy groups -OCH3 is 1. The fourth-order valence-corrected chi connectivity index (χ4v) is 3.48. The minimum atomic E-state index is 0.0207. The number of para-hydroxylation sites is 1. The zero-order valence-electron chi connectivity index (χ0n) is 16.6. The molecule has 2 heterocycles. The lowest BCUT2D eigenvalue weighted by Crippen LogP contribution is -2.49. The molecule has 8 heteroatoms. The molecule has 0 atom stereocenters. The average Bonchev–Trinajstić information content (AvgIpc) is 2.80. The highest BCUT2D eigenvalue weighted by molar-refractivity contribution is 6.33. The molecule has 0 spiro atoms. The number of hydrogen-bond donors (Lipinski definition) is 1. The van der Waals surface area contributed by atoms with Crippen molar-refractivity contribution in [3.63, 3.8) is 0 Å². The van der Waals surface area contributed by atoms with Crippen LogP contribution in [-0.4, -0.2) is 54.1 Å². The molecule has 4 rings (SSSR count). The smallest absolute Gasteiger partial charge is 0.253 e. The summed E-state index contributed by atoms with van der Waals surface area (Å²) in [5.41, 5.74) is 1.45. The van der Waals surface area contributed by atoms with Crippen molar-refractivity contribution in [3.05, 3.63) is 71.4 Å². The number of halogens is 1. The first-order valence-electron chi connectivity index (χ1n) is 9.67. The number of hydrogen-bond acceptors (Lipinski definition) is 6. The summed E-state index contributed by atoms with van der Waals surface area (Å²) in [5.74, 6) is 2.06. The van der Waals surface area contributed by atoms with Gasteiger partial charge in [0.15, 0.2) is 0 Å². The number of rotatable bonds is 5. The van der Waals surface area contributed by atoms with Gasteiger partial charge in [-0.25, -0.2) is 4.98 Å². The van der Waals surface area contributed by atoms with Crippen LogP contribution < -0.4 is 15.0 Å². The summed E-state index contributed by atoms with van der Waals surface area (Å²) in [6.45, 7) is 2.54. The number of carbonyl (C=O) groups excluding carboxylic acids is 1. The van der Waals surface area contributed by atoms with E-state index in [1.165, 1.54) is 0 Å². The molecule has 1 aromatic heterocycles. The van der Waals surface area contributed by atoms with Gasteiger partial charge in [-0.05, 0) is 42.5 Å². The van der Waals surface area contributed by atoms with Crippen molar-refractivity contribution in [3.8, 4) is 5.75 Å². The third-order valence-corrected chi connectivity index (χ3v) is 5.30. The minimum absolute atomic E-state index is 0.0207.